The lowest BCUT2D eigenvalue weighted by atomic mass is 9.96. The van der Waals surface area contributed by atoms with Crippen LogP contribution in [0.15, 0.2) is 18.5 Å². The number of hydrogen-bond donors (Lipinski definition) is 2. The highest BCUT2D eigenvalue weighted by Crippen LogP contribution is 2.22. The quantitative estimate of drug-likeness (QED) is 0.841. The minimum Gasteiger partial charge on any atom is -0.316 e. The summed E-state index contributed by atoms with van der Waals surface area (Å²) in [7, 11) is 0. The molecule has 0 saturated carbocycles. The number of aryl methyl sites for hydroxylation is 1. The number of H-pyrrole nitrogens is 1. The molecule has 5 heteroatoms. The summed E-state index contributed by atoms with van der Waals surface area (Å²) < 4.78 is 0. The molecular formula is C13H17N5. The normalized spacial score (nSPS) is 19.9. The molecule has 1 aliphatic heterocycles. The van der Waals surface area contributed by atoms with Crippen LogP contribution in [-0.4, -0.2) is 33.3 Å². The van der Waals surface area contributed by atoms with Crippen molar-refractivity contribution in [3.05, 3.63) is 29.8 Å². The maximum atomic E-state index is 4.53. The van der Waals surface area contributed by atoms with Crippen LogP contribution in [0.1, 0.15) is 30.1 Å². The highest BCUT2D eigenvalue weighted by atomic mass is 15.1. The Hall–Kier alpha value is -1.75. The van der Waals surface area contributed by atoms with E-state index in [-0.39, 0.29) is 0 Å². The summed E-state index contributed by atoms with van der Waals surface area (Å²) in [5.74, 6) is 0.501. The van der Waals surface area contributed by atoms with Gasteiger partial charge in [0.25, 0.3) is 0 Å². The van der Waals surface area contributed by atoms with Gasteiger partial charge >= 0.3 is 0 Å². The van der Waals surface area contributed by atoms with Crippen molar-refractivity contribution in [3.63, 3.8) is 0 Å². The molecule has 2 aromatic rings. The second-order valence-electron chi connectivity index (χ2n) is 4.81. The molecule has 1 aliphatic rings. The van der Waals surface area contributed by atoms with Crippen molar-refractivity contribution in [1.82, 2.24) is 25.5 Å². The Balaban J connectivity index is 1.80. The molecular weight excluding hydrogens is 226 g/mol. The van der Waals surface area contributed by atoms with Gasteiger partial charge in [0.05, 0.1) is 11.9 Å². The predicted molar refractivity (Wildman–Crippen MR) is 69.2 cm³/mol. The molecule has 18 heavy (non-hydrogen) atoms. The van der Waals surface area contributed by atoms with Crippen molar-refractivity contribution in [2.45, 2.75) is 25.7 Å². The smallest absolute Gasteiger partial charge is 0.112 e. The monoisotopic (exact) mass is 243 g/mol. The fourth-order valence-corrected chi connectivity index (χ4v) is 2.33. The Morgan fingerprint density at radius 3 is 2.78 bits per heavy atom. The number of piperidine rings is 1. The summed E-state index contributed by atoms with van der Waals surface area (Å²) >= 11 is 0. The lowest BCUT2D eigenvalue weighted by molar-refractivity contribution is 0.454. The van der Waals surface area contributed by atoms with Gasteiger partial charge in [-0.2, -0.15) is 5.10 Å². The third-order valence-electron chi connectivity index (χ3n) is 3.36. The molecule has 2 N–H and O–H groups in total. The molecule has 0 radical (unpaired) electrons. The first kappa shape index (κ1) is 11.3. The van der Waals surface area contributed by atoms with Crippen LogP contribution in [0.25, 0.3) is 11.4 Å². The molecule has 3 rings (SSSR count). The van der Waals surface area contributed by atoms with E-state index in [0.29, 0.717) is 5.92 Å². The van der Waals surface area contributed by atoms with Crippen molar-refractivity contribution in [3.8, 4) is 11.4 Å². The zero-order valence-corrected chi connectivity index (χ0v) is 10.5. The van der Waals surface area contributed by atoms with Crippen LogP contribution < -0.4 is 5.32 Å². The van der Waals surface area contributed by atoms with Crippen molar-refractivity contribution < 1.29 is 0 Å². The van der Waals surface area contributed by atoms with Crippen molar-refractivity contribution in [2.75, 3.05) is 13.1 Å². The Bertz CT molecular complexity index is 510. The molecule has 0 aliphatic carbocycles. The van der Waals surface area contributed by atoms with Gasteiger partial charge in [0.15, 0.2) is 0 Å². The summed E-state index contributed by atoms with van der Waals surface area (Å²) in [6.45, 7) is 4.11. The van der Waals surface area contributed by atoms with E-state index in [1.54, 1.807) is 0 Å². The standard InChI is InChI=1S/C13H17N5/c1-9-5-11(18-17-9)13-8-15-12(7-16-13)10-3-2-4-14-6-10/h5,7-8,10,14H,2-4,6H2,1H3,(H,17,18)/t10-/m0/s1. The Morgan fingerprint density at radius 2 is 2.17 bits per heavy atom. The average Bonchev–Trinajstić information content (AvgIpc) is 2.87. The van der Waals surface area contributed by atoms with E-state index in [1.807, 2.05) is 25.4 Å². The van der Waals surface area contributed by atoms with Gasteiger partial charge in [-0.25, -0.2) is 0 Å². The van der Waals surface area contributed by atoms with E-state index in [4.69, 9.17) is 0 Å². The molecule has 1 saturated heterocycles. The number of aromatic amines is 1. The summed E-state index contributed by atoms with van der Waals surface area (Å²) in [4.78, 5) is 9.00. The van der Waals surface area contributed by atoms with Gasteiger partial charge < -0.3 is 5.32 Å². The lowest BCUT2D eigenvalue weighted by Gasteiger charge is -2.21. The van der Waals surface area contributed by atoms with E-state index in [1.165, 1.54) is 12.8 Å². The molecule has 94 valence electrons. The Kier molecular flexibility index (Phi) is 3.06. The van der Waals surface area contributed by atoms with E-state index in [0.717, 1.165) is 35.9 Å². The minimum absolute atomic E-state index is 0.501. The second kappa shape index (κ2) is 4.86. The SMILES string of the molecule is Cc1cc(-c2cnc([C@H]3CCCNC3)cn2)n[nH]1. The number of nitrogens with zero attached hydrogens (tertiary/aromatic N) is 3. The molecule has 1 fully saturated rings. The second-order valence-corrected chi connectivity index (χ2v) is 4.81. The summed E-state index contributed by atoms with van der Waals surface area (Å²) in [6, 6.07) is 1.98. The van der Waals surface area contributed by atoms with Crippen LogP contribution in [0.5, 0.6) is 0 Å². The molecule has 0 amide bonds. The van der Waals surface area contributed by atoms with E-state index in [2.05, 4.69) is 25.5 Å². The summed E-state index contributed by atoms with van der Waals surface area (Å²) in [5.41, 5.74) is 3.80. The van der Waals surface area contributed by atoms with Crippen LogP contribution in [0.4, 0.5) is 0 Å². The maximum absolute atomic E-state index is 4.53. The lowest BCUT2D eigenvalue weighted by Crippen LogP contribution is -2.28. The number of hydrogen-bond acceptors (Lipinski definition) is 4. The summed E-state index contributed by atoms with van der Waals surface area (Å²) in [6.07, 6.45) is 6.12. The highest BCUT2D eigenvalue weighted by molar-refractivity contribution is 5.52. The minimum atomic E-state index is 0.501. The molecule has 0 unspecified atom stereocenters. The van der Waals surface area contributed by atoms with Gasteiger partial charge in [0.2, 0.25) is 0 Å². The van der Waals surface area contributed by atoms with Crippen LogP contribution in [0.2, 0.25) is 0 Å². The van der Waals surface area contributed by atoms with Crippen LogP contribution >= 0.6 is 0 Å². The predicted octanol–water partition coefficient (Wildman–Crippen LogP) is 1.64. The van der Waals surface area contributed by atoms with Gasteiger partial charge in [-0.15, -0.1) is 0 Å². The first-order valence-electron chi connectivity index (χ1n) is 6.38. The topological polar surface area (TPSA) is 66.5 Å². The van der Waals surface area contributed by atoms with Gasteiger partial charge in [-0.3, -0.25) is 15.1 Å². The average molecular weight is 243 g/mol. The van der Waals surface area contributed by atoms with E-state index >= 15 is 0 Å². The Labute approximate surface area is 106 Å². The largest absolute Gasteiger partial charge is 0.316 e. The van der Waals surface area contributed by atoms with Gasteiger partial charge in [0.1, 0.15) is 11.4 Å². The van der Waals surface area contributed by atoms with Crippen molar-refractivity contribution >= 4 is 0 Å². The molecule has 0 bridgehead atoms. The molecule has 3 heterocycles. The summed E-state index contributed by atoms with van der Waals surface area (Å²) in [5, 5.41) is 10.5. The molecule has 5 nitrogen and oxygen atoms in total. The number of rotatable bonds is 2. The molecule has 0 spiro atoms. The molecule has 1 atom stereocenters. The fraction of sp³-hybridized carbons (Fsp3) is 0.462. The third-order valence-corrected chi connectivity index (χ3v) is 3.36. The Morgan fingerprint density at radius 1 is 1.22 bits per heavy atom. The third kappa shape index (κ3) is 2.26. The maximum Gasteiger partial charge on any atom is 0.112 e. The zero-order chi connectivity index (χ0) is 12.4. The fourth-order valence-electron chi connectivity index (χ4n) is 2.33. The van der Waals surface area contributed by atoms with E-state index in [9.17, 15) is 0 Å². The van der Waals surface area contributed by atoms with Crippen molar-refractivity contribution in [2.24, 2.45) is 0 Å². The van der Waals surface area contributed by atoms with Gasteiger partial charge in [-0.1, -0.05) is 0 Å². The first-order chi connectivity index (χ1) is 8.83. The van der Waals surface area contributed by atoms with Crippen LogP contribution in [-0.2, 0) is 0 Å². The molecule has 0 aromatic carbocycles. The first-order valence-corrected chi connectivity index (χ1v) is 6.38. The number of nitrogens with one attached hydrogen (secondary N) is 2. The van der Waals surface area contributed by atoms with Crippen molar-refractivity contribution in [1.29, 1.82) is 0 Å². The van der Waals surface area contributed by atoms with E-state index < -0.39 is 0 Å². The van der Waals surface area contributed by atoms with Crippen LogP contribution in [0.3, 0.4) is 0 Å². The molecule has 2 aromatic heterocycles. The highest BCUT2D eigenvalue weighted by Gasteiger charge is 2.16. The van der Waals surface area contributed by atoms with Gasteiger partial charge in [0, 0.05) is 24.4 Å². The zero-order valence-electron chi connectivity index (χ0n) is 10.5. The van der Waals surface area contributed by atoms with Crippen LogP contribution in [0, 0.1) is 6.92 Å². The van der Waals surface area contributed by atoms with Gasteiger partial charge in [-0.05, 0) is 32.4 Å². The number of aromatic nitrogens is 4.